The highest BCUT2D eigenvalue weighted by Crippen LogP contribution is 2.23. The predicted octanol–water partition coefficient (Wildman–Crippen LogP) is 2.92. The molecule has 2 aromatic heterocycles. The zero-order valence-corrected chi connectivity index (χ0v) is 17.9. The van der Waals surface area contributed by atoms with Gasteiger partial charge >= 0.3 is 0 Å². The van der Waals surface area contributed by atoms with Crippen LogP contribution in [-0.2, 0) is 6.54 Å². The molecule has 2 aromatic carbocycles. The molecule has 0 radical (unpaired) electrons. The predicted molar refractivity (Wildman–Crippen MR) is 120 cm³/mol. The Kier molecular flexibility index (Phi) is 6.29. The summed E-state index contributed by atoms with van der Waals surface area (Å²) in [7, 11) is 4.18. The van der Waals surface area contributed by atoms with Crippen molar-refractivity contribution in [3.63, 3.8) is 0 Å². The normalized spacial score (nSPS) is 11.1. The van der Waals surface area contributed by atoms with Crippen molar-refractivity contribution in [3.8, 4) is 17.1 Å². The van der Waals surface area contributed by atoms with Gasteiger partial charge in [0.25, 0.3) is 5.91 Å². The van der Waals surface area contributed by atoms with Crippen molar-refractivity contribution < 1.29 is 14.1 Å². The van der Waals surface area contributed by atoms with Gasteiger partial charge in [0.1, 0.15) is 11.4 Å². The highest BCUT2D eigenvalue weighted by Gasteiger charge is 2.24. The summed E-state index contributed by atoms with van der Waals surface area (Å²) < 4.78 is 7.24. The number of furan rings is 1. The van der Waals surface area contributed by atoms with Crippen LogP contribution < -0.4 is 4.90 Å². The molecule has 6 nitrogen and oxygen atoms in total. The van der Waals surface area contributed by atoms with Gasteiger partial charge in [0, 0.05) is 12.6 Å². The molecule has 0 saturated heterocycles. The van der Waals surface area contributed by atoms with E-state index >= 15 is 0 Å². The van der Waals surface area contributed by atoms with E-state index in [-0.39, 0.29) is 5.91 Å². The summed E-state index contributed by atoms with van der Waals surface area (Å²) in [6.07, 6.45) is 1.61. The Bertz CT molecular complexity index is 1100. The monoisotopic (exact) mass is 415 g/mol. The number of quaternary nitrogens is 1. The van der Waals surface area contributed by atoms with Crippen LogP contribution in [0.3, 0.4) is 0 Å². The molecule has 1 amide bonds. The van der Waals surface area contributed by atoms with Gasteiger partial charge in [-0.05, 0) is 29.8 Å². The van der Waals surface area contributed by atoms with Gasteiger partial charge in [-0.1, -0.05) is 48.5 Å². The summed E-state index contributed by atoms with van der Waals surface area (Å²) in [4.78, 5) is 16.9. The molecule has 0 aliphatic rings. The van der Waals surface area contributed by atoms with Crippen molar-refractivity contribution in [2.24, 2.45) is 0 Å². The number of aromatic nitrogens is 2. The molecule has 0 atom stereocenters. The standard InChI is InChI=1S/C25H26N4O2/c1-27(2)15-16-28(19-20-10-5-3-6-11-20)25(30)23-18-22(24-14-9-17-31-24)26-29(23)21-12-7-4-8-13-21/h3-14,17-18H,15-16,19H2,1-2H3/p+1. The van der Waals surface area contributed by atoms with Crippen molar-refractivity contribution in [2.75, 3.05) is 27.2 Å². The van der Waals surface area contributed by atoms with Crippen LogP contribution in [0.4, 0.5) is 0 Å². The first-order chi connectivity index (χ1) is 15.1. The van der Waals surface area contributed by atoms with Crippen LogP contribution in [0.15, 0.2) is 89.5 Å². The molecule has 4 rings (SSSR count). The third-order valence-corrected chi connectivity index (χ3v) is 5.09. The summed E-state index contributed by atoms with van der Waals surface area (Å²) in [5.74, 6) is 0.579. The first kappa shape index (κ1) is 20.6. The van der Waals surface area contributed by atoms with Gasteiger partial charge in [0.15, 0.2) is 5.76 Å². The van der Waals surface area contributed by atoms with Crippen LogP contribution in [0.25, 0.3) is 17.1 Å². The fourth-order valence-corrected chi connectivity index (χ4v) is 3.42. The molecular weight excluding hydrogens is 388 g/mol. The van der Waals surface area contributed by atoms with Crippen LogP contribution in [-0.4, -0.2) is 47.8 Å². The second kappa shape index (κ2) is 9.45. The molecule has 1 N–H and O–H groups in total. The lowest BCUT2D eigenvalue weighted by Gasteiger charge is -2.23. The smallest absolute Gasteiger partial charge is 0.273 e. The minimum absolute atomic E-state index is 0.0562. The largest absolute Gasteiger partial charge is 0.463 e. The Labute approximate surface area is 182 Å². The van der Waals surface area contributed by atoms with Crippen LogP contribution in [0.5, 0.6) is 0 Å². The molecule has 0 aliphatic carbocycles. The Morgan fingerprint density at radius 1 is 1.00 bits per heavy atom. The third-order valence-electron chi connectivity index (χ3n) is 5.09. The second-order valence-electron chi connectivity index (χ2n) is 7.81. The van der Waals surface area contributed by atoms with Crippen molar-refractivity contribution in [3.05, 3.63) is 96.4 Å². The molecule has 158 valence electrons. The Morgan fingerprint density at radius 3 is 2.35 bits per heavy atom. The van der Waals surface area contributed by atoms with Gasteiger partial charge in [-0.2, -0.15) is 5.10 Å². The van der Waals surface area contributed by atoms with Gasteiger partial charge in [-0.3, -0.25) is 4.79 Å². The lowest BCUT2D eigenvalue weighted by atomic mass is 10.2. The van der Waals surface area contributed by atoms with Crippen LogP contribution in [0.2, 0.25) is 0 Å². The summed E-state index contributed by atoms with van der Waals surface area (Å²) in [6.45, 7) is 2.04. The second-order valence-corrected chi connectivity index (χ2v) is 7.81. The number of amides is 1. The molecule has 2 heterocycles. The zero-order chi connectivity index (χ0) is 21.6. The minimum Gasteiger partial charge on any atom is -0.463 e. The van der Waals surface area contributed by atoms with E-state index in [0.717, 1.165) is 17.8 Å². The number of hydrogen-bond acceptors (Lipinski definition) is 3. The molecular formula is C25H27N4O2+. The Hall–Kier alpha value is -3.64. The number of likely N-dealkylation sites (N-methyl/N-ethyl adjacent to an activating group) is 1. The topological polar surface area (TPSA) is 55.7 Å². The minimum atomic E-state index is -0.0562. The van der Waals surface area contributed by atoms with Gasteiger partial charge in [-0.15, -0.1) is 0 Å². The maximum absolute atomic E-state index is 13.8. The maximum atomic E-state index is 13.8. The SMILES string of the molecule is C[NH+](C)CCN(Cc1ccccc1)C(=O)c1cc(-c2ccco2)nn1-c1ccccc1. The number of nitrogens with zero attached hydrogens (tertiary/aromatic N) is 3. The average Bonchev–Trinajstić information content (AvgIpc) is 3.47. The number of rotatable bonds is 8. The molecule has 4 aromatic rings. The molecule has 0 aliphatic heterocycles. The Morgan fingerprint density at radius 2 is 1.71 bits per heavy atom. The van der Waals surface area contributed by atoms with Gasteiger partial charge in [0.2, 0.25) is 0 Å². The fraction of sp³-hybridized carbons (Fsp3) is 0.200. The number of benzene rings is 2. The lowest BCUT2D eigenvalue weighted by molar-refractivity contribution is -0.857. The zero-order valence-electron chi connectivity index (χ0n) is 17.9. The highest BCUT2D eigenvalue weighted by molar-refractivity contribution is 5.94. The highest BCUT2D eigenvalue weighted by atomic mass is 16.3. The molecule has 0 unspecified atom stereocenters. The average molecular weight is 416 g/mol. The first-order valence-electron chi connectivity index (χ1n) is 10.4. The number of para-hydroxylation sites is 1. The molecule has 6 heteroatoms. The van der Waals surface area contributed by atoms with Gasteiger partial charge in [-0.25, -0.2) is 4.68 Å². The Balaban J connectivity index is 1.72. The van der Waals surface area contributed by atoms with Crippen LogP contribution in [0.1, 0.15) is 16.1 Å². The van der Waals surface area contributed by atoms with Crippen molar-refractivity contribution >= 4 is 5.91 Å². The summed E-state index contributed by atoms with van der Waals surface area (Å²) in [6, 6.07) is 25.3. The van der Waals surface area contributed by atoms with E-state index in [1.165, 1.54) is 4.90 Å². The summed E-state index contributed by atoms with van der Waals surface area (Å²) in [5, 5.41) is 4.70. The number of carbonyl (C=O) groups is 1. The van der Waals surface area contributed by atoms with E-state index in [9.17, 15) is 4.79 Å². The summed E-state index contributed by atoms with van der Waals surface area (Å²) >= 11 is 0. The lowest BCUT2D eigenvalue weighted by Crippen LogP contribution is -3.06. The van der Waals surface area contributed by atoms with Gasteiger partial charge in [0.05, 0.1) is 39.1 Å². The summed E-state index contributed by atoms with van der Waals surface area (Å²) in [5.41, 5.74) is 3.08. The van der Waals surface area contributed by atoms with E-state index < -0.39 is 0 Å². The molecule has 31 heavy (non-hydrogen) atoms. The molecule has 0 spiro atoms. The number of carbonyl (C=O) groups excluding carboxylic acids is 1. The van der Waals surface area contributed by atoms with E-state index in [1.54, 1.807) is 10.9 Å². The molecule has 0 fully saturated rings. The molecule has 0 saturated carbocycles. The van der Waals surface area contributed by atoms with Crippen molar-refractivity contribution in [1.29, 1.82) is 0 Å². The number of hydrogen-bond donors (Lipinski definition) is 1. The first-order valence-corrected chi connectivity index (χ1v) is 10.4. The number of nitrogens with one attached hydrogen (secondary N) is 1. The van der Waals surface area contributed by atoms with Crippen molar-refractivity contribution in [1.82, 2.24) is 14.7 Å². The van der Waals surface area contributed by atoms with E-state index in [2.05, 4.69) is 14.1 Å². The maximum Gasteiger partial charge on any atom is 0.273 e. The van der Waals surface area contributed by atoms with Crippen LogP contribution >= 0.6 is 0 Å². The van der Waals surface area contributed by atoms with Crippen LogP contribution in [0, 0.1) is 0 Å². The molecule has 0 bridgehead atoms. The fourth-order valence-electron chi connectivity index (χ4n) is 3.42. The van der Waals surface area contributed by atoms with E-state index in [0.29, 0.717) is 30.2 Å². The van der Waals surface area contributed by atoms with Crippen molar-refractivity contribution in [2.45, 2.75) is 6.54 Å². The van der Waals surface area contributed by atoms with E-state index in [1.807, 2.05) is 83.8 Å². The van der Waals surface area contributed by atoms with Gasteiger partial charge < -0.3 is 14.2 Å². The quantitative estimate of drug-likeness (QED) is 0.481. The van der Waals surface area contributed by atoms with E-state index in [4.69, 9.17) is 9.52 Å². The third kappa shape index (κ3) is 4.92.